The summed E-state index contributed by atoms with van der Waals surface area (Å²) in [4.78, 5) is 137. The van der Waals surface area contributed by atoms with Crippen LogP contribution < -0.4 is 72.7 Å². The van der Waals surface area contributed by atoms with Gasteiger partial charge in [0.05, 0.1) is 6.54 Å². The molecule has 0 radical (unpaired) electrons. The number of likely N-dealkylation sites (N-methyl/N-ethyl adjacent to an activating group) is 1. The standard InChI is InChI=1S/C10H16N2O3.C9H19N7O.C9H19N5.C9H18N4O2.C8H17N7O.C8H17N5O.C8H17N5S.C8H16N4OS.C8H16N4O.C7H16N4O2S/c1-11(2)5-4-6-12(3)7-8(13)10(15)9(7)14;1-15(2)5-4-6-16(3)9(17)10-7-8-11-13-14-12-8;1-8-10-9(12-11-8)14(4)7-5-6-13(2)3;1-12(2)5-4-6-13(3)7-8(14)11-9(15)10-7;1-14(2)5-4-6-15(3)8(16)9-7-10-12-13-11-7;2*1-12(2)5-4-6-13(3)7-9-8(14)11-10-7;1-11(2)5-4-6-12(3)7-9-8(14)13-10-7;1-11(2)5-4-6-12(3)8-9-7-10-13-8;1-10(2)5-4-6-11(3)7-8-13-14(12)9-7/h13H,4-6H2,1-3H3;4-7H2,1-3H3,(H,10,17)(H,11,12,13,14);5-7H2,1-4H3,(H,10,11,12);7H,4-6H2,1-3H3,(H2,10,11,14,15);4-6H2,1-3H3,(H2,9,10,11,12,13,16);2*4-6H2,1-3H3,(H2,9,10,11,14);4-6H2,1-3H3,(H,9,10,14);7H,4-6H2,1-3H3;4-6H2,1-3H3,(H,8,9). The lowest BCUT2D eigenvalue weighted by Gasteiger charge is -2.22. The largest absolute Gasteiger partial charge is 0.502 e. The number of aromatic nitrogens is 21. The normalized spacial score (nSPS) is 12.8. The Labute approximate surface area is 871 Å². The number of hydrogen-bond acceptors (Lipinski definition) is 46. The molecule has 10 rings (SSSR count). The molecular formula is C84H171N47O12S3. The number of carbonyl (C=O) groups is 4. The summed E-state index contributed by atoms with van der Waals surface area (Å²) in [7, 11) is 59.4. The maximum atomic E-state index is 11.6. The highest BCUT2D eigenvalue weighted by atomic mass is 32.2. The van der Waals surface area contributed by atoms with E-state index >= 15 is 0 Å². The van der Waals surface area contributed by atoms with Gasteiger partial charge in [-0.2, -0.15) is 39.8 Å². The van der Waals surface area contributed by atoms with Crippen LogP contribution in [0.3, 0.4) is 0 Å². The van der Waals surface area contributed by atoms with Crippen molar-refractivity contribution in [3.63, 3.8) is 0 Å². The lowest BCUT2D eigenvalue weighted by Crippen LogP contribution is -2.45. The van der Waals surface area contributed by atoms with Crippen LogP contribution in [-0.2, 0) is 26.9 Å². The summed E-state index contributed by atoms with van der Waals surface area (Å²) in [6.07, 6.45) is 11.1. The van der Waals surface area contributed by atoms with Gasteiger partial charge in [-0.05, 0) is 314 Å². The highest BCUT2D eigenvalue weighted by Gasteiger charge is 2.32. The fraction of sp³-hybridized carbons (Fsp3) is 0.750. The van der Waals surface area contributed by atoms with E-state index in [0.717, 1.165) is 200 Å². The molecule has 0 bridgehead atoms. The van der Waals surface area contributed by atoms with Crippen LogP contribution in [0.25, 0.3) is 0 Å². The van der Waals surface area contributed by atoms with E-state index in [-0.39, 0.29) is 46.7 Å². The number of aryl methyl sites for hydroxylation is 1. The molecule has 2 aliphatic rings. The van der Waals surface area contributed by atoms with Gasteiger partial charge in [-0.3, -0.25) is 50.2 Å². The molecule has 146 heavy (non-hydrogen) atoms. The van der Waals surface area contributed by atoms with Gasteiger partial charge >= 0.3 is 45.9 Å². The monoisotopic (exact) mass is 2130 g/mol. The number of anilines is 7. The summed E-state index contributed by atoms with van der Waals surface area (Å²) in [5.41, 5.74) is 1.04. The second kappa shape index (κ2) is 75.0. The number of carbonyl (C=O) groups excluding carboxylic acids is 4. The van der Waals surface area contributed by atoms with Gasteiger partial charge in [0.2, 0.25) is 34.5 Å². The number of nitrogens with zero attached hydrogens (tertiary/aromatic N) is 34. The van der Waals surface area contributed by atoms with Crippen molar-refractivity contribution in [2.75, 3.05) is 377 Å². The van der Waals surface area contributed by atoms with E-state index in [9.17, 15) is 42.9 Å². The number of aromatic hydroxyl groups is 1. The number of aromatic amines is 8. The number of rotatable bonds is 50. The quantitative estimate of drug-likeness (QED) is 0.0125. The molecule has 0 spiro atoms. The molecule has 1 aromatic carbocycles. The van der Waals surface area contributed by atoms with E-state index in [1.807, 2.05) is 170 Å². The molecule has 1 fully saturated rings. The van der Waals surface area contributed by atoms with Crippen LogP contribution in [0, 0.1) is 16.5 Å². The Balaban J connectivity index is 0.000000812. The number of urea groups is 3. The SMILES string of the molecule is CN(C)CCCN(C)C(=O)NCc1nn[nH]n1.CN(C)CCCN(C)C(=O)Nc1nn[nH]n1.CN(C)CCCN(C)C1=NS(=O)ON1.CN(C)CCCN(C)C1NC(=O)NC1=O.CN(C)CCCN(C)c1c(O)c(=O)c1=O.CN(C)CCCN(C)c1n[nH]c(=O)[nH]1.CN(C)CCCN(C)c1nc(=S)[nH][nH]1.CN(C)CCCN(C)c1nc(=S)o[nH]1.CN(C)CCCN(C)c1ncno1.Cc1nc(N(C)CCCN(C)C)n[nH]1. The number of amides is 7. The number of imide groups is 1. The third kappa shape index (κ3) is 62.2. The molecular weight excluding hydrogens is 1960 g/mol. The van der Waals surface area contributed by atoms with Gasteiger partial charge in [0.1, 0.15) is 11.5 Å². The zero-order valence-corrected chi connectivity index (χ0v) is 94.4. The number of guanidine groups is 1. The Morgan fingerprint density at radius 3 is 1.29 bits per heavy atom. The van der Waals surface area contributed by atoms with Crippen LogP contribution in [0.2, 0.25) is 0 Å². The van der Waals surface area contributed by atoms with E-state index in [1.54, 1.807) is 35.8 Å². The number of tetrazole rings is 2. The summed E-state index contributed by atoms with van der Waals surface area (Å²) >= 11 is 8.07. The Morgan fingerprint density at radius 1 is 0.466 bits per heavy atom. The molecule has 7 amide bonds. The molecule has 7 aromatic heterocycles. The molecule has 2 aliphatic heterocycles. The zero-order valence-electron chi connectivity index (χ0n) is 91.9. The van der Waals surface area contributed by atoms with Crippen molar-refractivity contribution in [1.82, 2.24) is 197 Å². The number of H-pyrrole nitrogens is 8. The maximum Gasteiger partial charge on any atom is 0.342 e. The van der Waals surface area contributed by atoms with Crippen molar-refractivity contribution >= 4 is 107 Å². The Morgan fingerprint density at radius 2 is 0.911 bits per heavy atom. The highest BCUT2D eigenvalue weighted by molar-refractivity contribution is 7.79. The van der Waals surface area contributed by atoms with Gasteiger partial charge < -0.3 is 118 Å². The van der Waals surface area contributed by atoms with Gasteiger partial charge in [-0.25, -0.2) is 34.0 Å². The average Bonchev–Trinajstić information content (AvgIpc) is 1.06. The van der Waals surface area contributed by atoms with Crippen molar-refractivity contribution in [2.24, 2.45) is 4.40 Å². The van der Waals surface area contributed by atoms with Crippen LogP contribution in [0.5, 0.6) is 5.75 Å². The van der Waals surface area contributed by atoms with Gasteiger partial charge in [0, 0.05) is 129 Å². The molecule has 8 aromatic rings. The van der Waals surface area contributed by atoms with Crippen molar-refractivity contribution in [3.05, 3.63) is 58.5 Å². The highest BCUT2D eigenvalue weighted by Crippen LogP contribution is 2.19. The number of hydroxylamine groups is 1. The van der Waals surface area contributed by atoms with Crippen molar-refractivity contribution in [1.29, 1.82) is 0 Å². The van der Waals surface area contributed by atoms with E-state index in [4.69, 9.17) is 33.5 Å². The zero-order chi connectivity index (χ0) is 110. The van der Waals surface area contributed by atoms with Crippen molar-refractivity contribution in [2.45, 2.75) is 83.8 Å². The Bertz CT molecular complexity index is 4860. The van der Waals surface area contributed by atoms with Crippen LogP contribution in [0.1, 0.15) is 75.9 Å². The topological polar surface area (TPSA) is 624 Å². The second-order valence-corrected chi connectivity index (χ2v) is 38.4. The first-order chi connectivity index (χ1) is 68.8. The minimum absolute atomic E-state index is 0.131. The minimum atomic E-state index is -1.56. The van der Waals surface area contributed by atoms with Gasteiger partial charge in [0.25, 0.3) is 22.7 Å². The van der Waals surface area contributed by atoms with E-state index < -0.39 is 40.1 Å². The molecule has 9 heterocycles. The lowest BCUT2D eigenvalue weighted by atomic mass is 10.2. The van der Waals surface area contributed by atoms with Gasteiger partial charge in [-0.1, -0.05) is 15.5 Å². The lowest BCUT2D eigenvalue weighted by molar-refractivity contribution is -0.123. The van der Waals surface area contributed by atoms with E-state index in [2.05, 4.69) is 253 Å². The van der Waals surface area contributed by atoms with E-state index in [0.29, 0.717) is 47.6 Å². The molecule has 14 N–H and O–H groups in total. The molecule has 62 heteroatoms. The second-order valence-electron chi connectivity index (χ2n) is 36.9. The summed E-state index contributed by atoms with van der Waals surface area (Å²) in [6.45, 7) is 20.7. The summed E-state index contributed by atoms with van der Waals surface area (Å²) in [5, 5.41) is 70.3. The van der Waals surface area contributed by atoms with Crippen LogP contribution in [0.4, 0.5) is 55.8 Å². The summed E-state index contributed by atoms with van der Waals surface area (Å²) in [5.74, 6) is 4.24. The van der Waals surface area contributed by atoms with Gasteiger partial charge in [-0.15, -0.1) is 29.9 Å². The first-order valence-electron chi connectivity index (χ1n) is 47.5. The van der Waals surface area contributed by atoms with Crippen LogP contribution in [0.15, 0.2) is 34.2 Å². The number of nitrogens with one attached hydrogen (secondary N) is 13. The molecule has 0 saturated carbocycles. The fourth-order valence-corrected chi connectivity index (χ4v) is 12.9. The summed E-state index contributed by atoms with van der Waals surface area (Å²) in [6, 6.07) is -0.197. The van der Waals surface area contributed by atoms with Crippen molar-refractivity contribution in [3.8, 4) is 5.75 Å². The third-order valence-electron chi connectivity index (χ3n) is 20.3. The third-order valence-corrected chi connectivity index (χ3v) is 21.2. The Kier molecular flexibility index (Phi) is 67.9. The van der Waals surface area contributed by atoms with Crippen LogP contribution in [-0.4, -0.2) is 563 Å². The molecule has 0 aliphatic carbocycles. The van der Waals surface area contributed by atoms with Gasteiger partial charge in [0.15, 0.2) is 24.1 Å². The smallest absolute Gasteiger partial charge is 0.342 e. The molecule has 832 valence electrons. The van der Waals surface area contributed by atoms with Crippen molar-refractivity contribution < 1.29 is 41.8 Å². The molecule has 59 nitrogen and oxygen atoms in total. The average molecular weight is 2130 g/mol. The fourth-order valence-electron chi connectivity index (χ4n) is 12.1. The predicted molar refractivity (Wildman–Crippen MR) is 575 cm³/mol. The number of hydrogen-bond donors (Lipinski definition) is 14. The minimum Gasteiger partial charge on any atom is -0.502 e. The predicted octanol–water partition coefficient (Wildman–Crippen LogP) is -0.921. The Hall–Kier alpha value is -11.8. The first kappa shape index (κ1) is 132. The first-order valence-corrected chi connectivity index (χ1v) is 49.4. The molecule has 2 atom stereocenters. The summed E-state index contributed by atoms with van der Waals surface area (Å²) < 4.78 is 29.3. The maximum absolute atomic E-state index is 11.6. The molecule has 1 saturated heterocycles. The molecule has 2 unspecified atom stereocenters. The van der Waals surface area contributed by atoms with E-state index in [1.165, 1.54) is 6.33 Å². The van der Waals surface area contributed by atoms with Crippen LogP contribution >= 0.6 is 24.4 Å².